The van der Waals surface area contributed by atoms with Gasteiger partial charge in [-0.05, 0) is 57.8 Å². The summed E-state index contributed by atoms with van der Waals surface area (Å²) in [5.74, 6) is -0.0318. The van der Waals surface area contributed by atoms with Crippen molar-refractivity contribution in [2.24, 2.45) is 0 Å². The Balaban J connectivity index is 3.43. The van der Waals surface area contributed by atoms with Gasteiger partial charge in [-0.25, -0.2) is 0 Å². The van der Waals surface area contributed by atoms with Crippen LogP contribution >= 0.6 is 0 Å². The molecule has 0 aliphatic heterocycles. The summed E-state index contributed by atoms with van der Waals surface area (Å²) in [5, 5.41) is 23.4. The zero-order valence-corrected chi connectivity index (χ0v) is 48.7. The quantitative estimate of drug-likeness (QED) is 0.0420. The summed E-state index contributed by atoms with van der Waals surface area (Å²) < 4.78 is 0. The SMILES string of the molecule is CC/C=C\C/C=C\C/C=C\C/C=C\C/C=C\CCCCCCCCCCCCCC(=O)NC(CO)C(O)CCCCCCCCCCCCCCCCCCCCCCCCCCCCCCCCCCC. The van der Waals surface area contributed by atoms with Gasteiger partial charge in [-0.1, -0.05) is 344 Å². The van der Waals surface area contributed by atoms with E-state index < -0.39 is 12.1 Å². The van der Waals surface area contributed by atoms with E-state index in [1.165, 1.54) is 263 Å². The Hall–Kier alpha value is -1.91. The van der Waals surface area contributed by atoms with E-state index in [4.69, 9.17) is 0 Å². The fourth-order valence-corrected chi connectivity index (χ4v) is 10.2. The highest BCUT2D eigenvalue weighted by atomic mass is 16.3. The number of nitrogens with one attached hydrogen (secondary N) is 1. The Bertz CT molecular complexity index is 1190. The molecule has 4 nitrogen and oxygen atoms in total. The molecule has 422 valence electrons. The number of aliphatic hydroxyl groups is 2. The number of amides is 1. The summed E-state index contributed by atoms with van der Waals surface area (Å²) in [5.41, 5.74) is 0. The second-order valence-electron chi connectivity index (χ2n) is 22.2. The van der Waals surface area contributed by atoms with E-state index in [0.717, 1.165) is 57.8 Å². The van der Waals surface area contributed by atoms with Crippen molar-refractivity contribution in [3.05, 3.63) is 60.8 Å². The molecule has 0 spiro atoms. The maximum absolute atomic E-state index is 12.5. The normalized spacial score (nSPS) is 13.1. The molecule has 0 bridgehead atoms. The number of aliphatic hydroxyl groups excluding tert-OH is 2. The maximum Gasteiger partial charge on any atom is 0.220 e. The molecule has 3 N–H and O–H groups in total. The first-order valence-corrected chi connectivity index (χ1v) is 32.5. The van der Waals surface area contributed by atoms with E-state index in [1.54, 1.807) is 0 Å². The van der Waals surface area contributed by atoms with Crippen molar-refractivity contribution in [3.8, 4) is 0 Å². The van der Waals surface area contributed by atoms with Crippen LogP contribution in [-0.4, -0.2) is 34.9 Å². The number of carbonyl (C=O) groups excluding carboxylic acids is 1. The standard InChI is InChI=1S/C68H127NO3/c1-3-5-7-9-11-13-15-17-19-21-23-25-27-29-31-32-33-34-35-36-38-39-41-43-45-47-49-51-53-55-57-59-61-63-67(71)66(65-70)69-68(72)64-62-60-58-56-54-52-50-48-46-44-42-40-37-30-28-26-24-22-20-18-16-14-12-10-8-6-4-2/h6,8,12,14,18,20,24,26,30,37,66-67,70-71H,3-5,7,9-11,13,15-17,19,21-23,25,27-29,31-36,38-65H2,1-2H3,(H,69,72)/b8-6-,14-12-,20-18-,26-24-,37-30-. The van der Waals surface area contributed by atoms with Crippen LogP contribution in [0.5, 0.6) is 0 Å². The van der Waals surface area contributed by atoms with E-state index in [0.29, 0.717) is 12.8 Å². The molecule has 0 rings (SSSR count). The lowest BCUT2D eigenvalue weighted by atomic mass is 10.0. The van der Waals surface area contributed by atoms with Crippen molar-refractivity contribution >= 4 is 5.91 Å². The minimum absolute atomic E-state index is 0.0318. The van der Waals surface area contributed by atoms with Crippen LogP contribution < -0.4 is 5.32 Å². The van der Waals surface area contributed by atoms with E-state index >= 15 is 0 Å². The first-order chi connectivity index (χ1) is 35.7. The minimum Gasteiger partial charge on any atom is -0.394 e. The fourth-order valence-electron chi connectivity index (χ4n) is 10.2. The molecule has 0 aromatic heterocycles. The Morgan fingerprint density at radius 2 is 0.611 bits per heavy atom. The van der Waals surface area contributed by atoms with Crippen molar-refractivity contribution in [1.82, 2.24) is 5.32 Å². The van der Waals surface area contributed by atoms with Crippen molar-refractivity contribution in [2.75, 3.05) is 6.61 Å². The van der Waals surface area contributed by atoms with Crippen molar-refractivity contribution in [3.63, 3.8) is 0 Å². The van der Waals surface area contributed by atoms with Gasteiger partial charge in [0, 0.05) is 6.42 Å². The molecular formula is C68H127NO3. The minimum atomic E-state index is -0.665. The molecule has 0 heterocycles. The predicted octanol–water partition coefficient (Wildman–Crippen LogP) is 21.9. The molecule has 0 saturated heterocycles. The zero-order valence-electron chi connectivity index (χ0n) is 48.7. The van der Waals surface area contributed by atoms with Crippen LogP contribution in [0.1, 0.15) is 348 Å². The largest absolute Gasteiger partial charge is 0.394 e. The Labute approximate surface area is 451 Å². The lowest BCUT2D eigenvalue weighted by Gasteiger charge is -2.22. The highest BCUT2D eigenvalue weighted by molar-refractivity contribution is 5.76. The Morgan fingerprint density at radius 1 is 0.347 bits per heavy atom. The number of hydrogen-bond donors (Lipinski definition) is 3. The average Bonchev–Trinajstić information content (AvgIpc) is 3.39. The van der Waals surface area contributed by atoms with Crippen molar-refractivity contribution in [2.45, 2.75) is 360 Å². The molecule has 4 heteroatoms. The fraction of sp³-hybridized carbons (Fsp3) is 0.838. The third-order valence-corrected chi connectivity index (χ3v) is 15.0. The average molecular weight is 1010 g/mol. The summed E-state index contributed by atoms with van der Waals surface area (Å²) in [4.78, 5) is 12.5. The summed E-state index contributed by atoms with van der Waals surface area (Å²) in [7, 11) is 0. The van der Waals surface area contributed by atoms with Gasteiger partial charge in [0.1, 0.15) is 0 Å². The maximum atomic E-state index is 12.5. The van der Waals surface area contributed by atoms with Crippen molar-refractivity contribution < 1.29 is 15.0 Å². The van der Waals surface area contributed by atoms with E-state index in [1.807, 2.05) is 0 Å². The molecule has 0 aliphatic rings. The third-order valence-electron chi connectivity index (χ3n) is 15.0. The first-order valence-electron chi connectivity index (χ1n) is 32.5. The Kier molecular flexibility index (Phi) is 61.7. The van der Waals surface area contributed by atoms with Crippen LogP contribution in [0.3, 0.4) is 0 Å². The molecule has 0 saturated carbocycles. The van der Waals surface area contributed by atoms with E-state index in [-0.39, 0.29) is 12.5 Å². The molecule has 72 heavy (non-hydrogen) atoms. The van der Waals surface area contributed by atoms with Crippen LogP contribution in [0.4, 0.5) is 0 Å². The van der Waals surface area contributed by atoms with Crippen LogP contribution in [0.2, 0.25) is 0 Å². The summed E-state index contributed by atoms with van der Waals surface area (Å²) in [6, 6.07) is -0.543. The highest BCUT2D eigenvalue weighted by Gasteiger charge is 2.20. The lowest BCUT2D eigenvalue weighted by molar-refractivity contribution is -0.123. The Morgan fingerprint density at radius 3 is 0.917 bits per heavy atom. The van der Waals surface area contributed by atoms with Crippen molar-refractivity contribution in [1.29, 1.82) is 0 Å². The molecule has 1 amide bonds. The number of hydrogen-bond acceptors (Lipinski definition) is 3. The highest BCUT2D eigenvalue weighted by Crippen LogP contribution is 2.19. The van der Waals surface area contributed by atoms with Gasteiger partial charge in [0.25, 0.3) is 0 Å². The number of allylic oxidation sites excluding steroid dienone is 10. The summed E-state index contributed by atoms with van der Waals surface area (Å²) in [6.45, 7) is 4.28. The van der Waals surface area contributed by atoms with Gasteiger partial charge in [-0.15, -0.1) is 0 Å². The smallest absolute Gasteiger partial charge is 0.220 e. The third kappa shape index (κ3) is 59.0. The summed E-state index contributed by atoms with van der Waals surface area (Å²) in [6.07, 6.45) is 89.7. The second kappa shape index (κ2) is 63.4. The molecule has 2 unspecified atom stereocenters. The summed E-state index contributed by atoms with van der Waals surface area (Å²) >= 11 is 0. The van der Waals surface area contributed by atoms with E-state index in [9.17, 15) is 15.0 Å². The molecule has 0 aromatic carbocycles. The van der Waals surface area contributed by atoms with Crippen LogP contribution in [0.15, 0.2) is 60.8 Å². The first kappa shape index (κ1) is 70.1. The van der Waals surface area contributed by atoms with Gasteiger partial charge in [0.2, 0.25) is 5.91 Å². The van der Waals surface area contributed by atoms with Gasteiger partial charge >= 0.3 is 0 Å². The van der Waals surface area contributed by atoms with Gasteiger partial charge in [0.15, 0.2) is 0 Å². The van der Waals surface area contributed by atoms with Gasteiger partial charge < -0.3 is 15.5 Å². The zero-order chi connectivity index (χ0) is 52.0. The predicted molar refractivity (Wildman–Crippen MR) is 322 cm³/mol. The molecule has 0 radical (unpaired) electrons. The van der Waals surface area contributed by atoms with Crippen LogP contribution in [0, 0.1) is 0 Å². The van der Waals surface area contributed by atoms with Crippen LogP contribution in [0.25, 0.3) is 0 Å². The van der Waals surface area contributed by atoms with Gasteiger partial charge in [0.05, 0.1) is 18.8 Å². The molecule has 2 atom stereocenters. The number of carbonyl (C=O) groups is 1. The molecule has 0 fully saturated rings. The van der Waals surface area contributed by atoms with Gasteiger partial charge in [-0.3, -0.25) is 4.79 Å². The number of rotatable bonds is 60. The van der Waals surface area contributed by atoms with Crippen LogP contribution in [-0.2, 0) is 4.79 Å². The second-order valence-corrected chi connectivity index (χ2v) is 22.2. The monoisotopic (exact) mass is 1010 g/mol. The molecule has 0 aliphatic carbocycles. The number of unbranched alkanes of at least 4 members (excludes halogenated alkanes) is 43. The molecular weight excluding hydrogens is 879 g/mol. The lowest BCUT2D eigenvalue weighted by Crippen LogP contribution is -2.45. The topological polar surface area (TPSA) is 69.6 Å². The van der Waals surface area contributed by atoms with E-state index in [2.05, 4.69) is 79.9 Å². The molecule has 0 aromatic rings. The van der Waals surface area contributed by atoms with Gasteiger partial charge in [-0.2, -0.15) is 0 Å².